The van der Waals surface area contributed by atoms with Crippen LogP contribution in [0.1, 0.15) is 0 Å². The van der Waals surface area contributed by atoms with Crippen LogP contribution in [0.2, 0.25) is 5.02 Å². The third kappa shape index (κ3) is 4.13. The number of nitrogens with zero attached hydrogens (tertiary/aromatic N) is 1. The normalized spacial score (nSPS) is 16.0. The van der Waals surface area contributed by atoms with Gasteiger partial charge in [-0.2, -0.15) is 0 Å². The van der Waals surface area contributed by atoms with Gasteiger partial charge in [-0.25, -0.2) is 17.5 Å². The first-order chi connectivity index (χ1) is 9.90. The molecule has 0 atom stereocenters. The molecule has 1 aliphatic rings. The van der Waals surface area contributed by atoms with Crippen LogP contribution in [0.15, 0.2) is 23.1 Å². The molecule has 116 valence electrons. The monoisotopic (exact) mass is 335 g/mol. The third-order valence-corrected chi connectivity index (χ3v) is 4.95. The van der Waals surface area contributed by atoms with Crippen molar-refractivity contribution < 1.29 is 17.6 Å². The van der Waals surface area contributed by atoms with Crippen LogP contribution in [-0.2, 0) is 14.8 Å². The van der Waals surface area contributed by atoms with Crippen LogP contribution in [0.5, 0.6) is 0 Å². The summed E-state index contributed by atoms with van der Waals surface area (Å²) in [4.78, 5) is 13.1. The number of rotatable bonds is 4. The van der Waals surface area contributed by atoms with Gasteiger partial charge in [-0.1, -0.05) is 11.6 Å². The van der Waals surface area contributed by atoms with Gasteiger partial charge < -0.3 is 10.2 Å². The van der Waals surface area contributed by atoms with Crippen LogP contribution in [0.4, 0.5) is 4.39 Å². The maximum Gasteiger partial charge on any atom is 0.242 e. The van der Waals surface area contributed by atoms with E-state index in [4.69, 9.17) is 11.6 Å². The Balaban J connectivity index is 2.04. The van der Waals surface area contributed by atoms with Gasteiger partial charge in [0.25, 0.3) is 0 Å². The fourth-order valence-electron chi connectivity index (χ4n) is 1.94. The second-order valence-electron chi connectivity index (χ2n) is 4.53. The highest BCUT2D eigenvalue weighted by Gasteiger charge is 2.22. The van der Waals surface area contributed by atoms with Gasteiger partial charge in [0.15, 0.2) is 0 Å². The van der Waals surface area contributed by atoms with Crippen LogP contribution in [0, 0.1) is 5.82 Å². The summed E-state index contributed by atoms with van der Waals surface area (Å²) in [5.74, 6) is -1.04. The molecular weight excluding hydrogens is 321 g/mol. The number of carbonyl (C=O) groups is 1. The van der Waals surface area contributed by atoms with E-state index in [1.54, 1.807) is 4.90 Å². The molecule has 2 rings (SSSR count). The molecule has 1 aliphatic heterocycles. The summed E-state index contributed by atoms with van der Waals surface area (Å²) in [5, 5.41) is 2.99. The van der Waals surface area contributed by atoms with Crippen molar-refractivity contribution in [3.8, 4) is 0 Å². The number of benzene rings is 1. The van der Waals surface area contributed by atoms with E-state index in [0.29, 0.717) is 26.2 Å². The summed E-state index contributed by atoms with van der Waals surface area (Å²) in [5.41, 5.74) is 0. The molecule has 1 fully saturated rings. The van der Waals surface area contributed by atoms with E-state index in [9.17, 15) is 17.6 Å². The minimum atomic E-state index is -4.03. The Morgan fingerprint density at radius 2 is 2.05 bits per heavy atom. The molecule has 0 bridgehead atoms. The van der Waals surface area contributed by atoms with Crippen molar-refractivity contribution in [2.75, 3.05) is 32.7 Å². The van der Waals surface area contributed by atoms with Gasteiger partial charge in [-0.15, -0.1) is 0 Å². The molecule has 1 saturated heterocycles. The van der Waals surface area contributed by atoms with Crippen molar-refractivity contribution in [2.45, 2.75) is 4.90 Å². The molecule has 0 aliphatic carbocycles. The Bertz CT molecular complexity index is 633. The lowest BCUT2D eigenvalue weighted by Crippen LogP contribution is -2.49. The zero-order valence-corrected chi connectivity index (χ0v) is 12.7. The van der Waals surface area contributed by atoms with Crippen molar-refractivity contribution in [3.63, 3.8) is 0 Å². The number of sulfonamides is 1. The lowest BCUT2D eigenvalue weighted by Gasteiger charge is -2.27. The minimum absolute atomic E-state index is 0.0986. The number of hydrogen-bond donors (Lipinski definition) is 2. The smallest absolute Gasteiger partial charge is 0.242 e. The number of halogens is 2. The molecule has 6 nitrogen and oxygen atoms in total. The van der Waals surface area contributed by atoms with E-state index in [1.165, 1.54) is 0 Å². The molecule has 0 aromatic heterocycles. The predicted octanol–water partition coefficient (Wildman–Crippen LogP) is 0.189. The molecule has 9 heteroatoms. The average Bonchev–Trinajstić information content (AvgIpc) is 2.48. The SMILES string of the molecule is O=C(CNS(=O)(=O)c1cc(F)ccc1Cl)N1CCNCC1. The van der Waals surface area contributed by atoms with Gasteiger partial charge in [0.2, 0.25) is 15.9 Å². The third-order valence-electron chi connectivity index (χ3n) is 3.07. The molecular formula is C12H15ClFN3O3S. The average molecular weight is 336 g/mol. The van der Waals surface area contributed by atoms with Crippen molar-refractivity contribution >= 4 is 27.5 Å². The van der Waals surface area contributed by atoms with Crippen molar-refractivity contribution in [2.24, 2.45) is 0 Å². The quantitative estimate of drug-likeness (QED) is 0.823. The fraction of sp³-hybridized carbons (Fsp3) is 0.417. The highest BCUT2D eigenvalue weighted by atomic mass is 35.5. The zero-order valence-electron chi connectivity index (χ0n) is 11.1. The van der Waals surface area contributed by atoms with Gasteiger partial charge in [0, 0.05) is 26.2 Å². The van der Waals surface area contributed by atoms with Crippen LogP contribution >= 0.6 is 11.6 Å². The number of carbonyl (C=O) groups excluding carboxylic acids is 1. The van der Waals surface area contributed by atoms with Crippen molar-refractivity contribution in [3.05, 3.63) is 29.0 Å². The fourth-order valence-corrected chi connectivity index (χ4v) is 3.43. The lowest BCUT2D eigenvalue weighted by atomic mass is 10.3. The number of hydrogen-bond acceptors (Lipinski definition) is 4. The summed E-state index contributed by atoms with van der Waals surface area (Å²) in [6, 6.07) is 3.04. The molecule has 1 aromatic rings. The number of piperazine rings is 1. The van der Waals surface area contributed by atoms with E-state index in [-0.39, 0.29) is 22.4 Å². The minimum Gasteiger partial charge on any atom is -0.339 e. The van der Waals surface area contributed by atoms with E-state index in [1.807, 2.05) is 0 Å². The number of nitrogens with one attached hydrogen (secondary N) is 2. The largest absolute Gasteiger partial charge is 0.339 e. The Morgan fingerprint density at radius 1 is 1.38 bits per heavy atom. The van der Waals surface area contributed by atoms with Crippen LogP contribution in [0.3, 0.4) is 0 Å². The topological polar surface area (TPSA) is 78.5 Å². The van der Waals surface area contributed by atoms with Crippen molar-refractivity contribution in [1.82, 2.24) is 14.9 Å². The van der Waals surface area contributed by atoms with E-state index in [0.717, 1.165) is 18.2 Å². The first kappa shape index (κ1) is 16.2. The molecule has 0 unspecified atom stereocenters. The summed E-state index contributed by atoms with van der Waals surface area (Å²) >= 11 is 5.76. The molecule has 1 aromatic carbocycles. The van der Waals surface area contributed by atoms with Gasteiger partial charge in [0.1, 0.15) is 10.7 Å². The first-order valence-corrected chi connectivity index (χ1v) is 8.19. The highest BCUT2D eigenvalue weighted by Crippen LogP contribution is 2.21. The summed E-state index contributed by atoms with van der Waals surface area (Å²) in [7, 11) is -4.03. The van der Waals surface area contributed by atoms with Gasteiger partial charge in [0.05, 0.1) is 11.6 Å². The maximum absolute atomic E-state index is 13.1. The Kier molecular flexibility index (Phi) is 5.15. The van der Waals surface area contributed by atoms with E-state index in [2.05, 4.69) is 10.0 Å². The van der Waals surface area contributed by atoms with Gasteiger partial charge >= 0.3 is 0 Å². The molecule has 1 heterocycles. The Morgan fingerprint density at radius 3 is 2.71 bits per heavy atom. The number of amides is 1. The van der Waals surface area contributed by atoms with Crippen LogP contribution in [-0.4, -0.2) is 51.9 Å². The molecule has 0 spiro atoms. The van der Waals surface area contributed by atoms with Gasteiger partial charge in [-0.3, -0.25) is 4.79 Å². The van der Waals surface area contributed by atoms with Crippen LogP contribution < -0.4 is 10.0 Å². The molecule has 0 radical (unpaired) electrons. The molecule has 21 heavy (non-hydrogen) atoms. The predicted molar refractivity (Wildman–Crippen MR) is 76.0 cm³/mol. The maximum atomic E-state index is 13.1. The zero-order chi connectivity index (χ0) is 15.5. The Hall–Kier alpha value is -1.22. The van der Waals surface area contributed by atoms with Crippen LogP contribution in [0.25, 0.3) is 0 Å². The second kappa shape index (κ2) is 6.69. The summed E-state index contributed by atoms with van der Waals surface area (Å²) < 4.78 is 39.4. The second-order valence-corrected chi connectivity index (χ2v) is 6.67. The Labute approximate surface area is 127 Å². The van der Waals surface area contributed by atoms with E-state index >= 15 is 0 Å². The molecule has 1 amide bonds. The van der Waals surface area contributed by atoms with Crippen molar-refractivity contribution in [1.29, 1.82) is 0 Å². The van der Waals surface area contributed by atoms with E-state index < -0.39 is 15.8 Å². The lowest BCUT2D eigenvalue weighted by molar-refractivity contribution is -0.130. The molecule has 0 saturated carbocycles. The standard InChI is InChI=1S/C12H15ClFN3O3S/c13-10-2-1-9(14)7-11(10)21(19,20)16-8-12(18)17-5-3-15-4-6-17/h1-2,7,15-16H,3-6,8H2. The summed E-state index contributed by atoms with van der Waals surface area (Å²) in [6.45, 7) is 2.03. The summed E-state index contributed by atoms with van der Waals surface area (Å²) in [6.07, 6.45) is 0. The molecule has 2 N–H and O–H groups in total. The van der Waals surface area contributed by atoms with Gasteiger partial charge in [-0.05, 0) is 18.2 Å². The first-order valence-electron chi connectivity index (χ1n) is 6.33. The highest BCUT2D eigenvalue weighted by molar-refractivity contribution is 7.89.